The molecule has 2 aromatic carbocycles. The molecule has 2 rings (SSSR count). The van der Waals surface area contributed by atoms with Crippen molar-refractivity contribution in [2.45, 2.75) is 32.9 Å². The maximum absolute atomic E-state index is 13.4. The summed E-state index contributed by atoms with van der Waals surface area (Å²) in [5.74, 6) is -0.931. The first-order chi connectivity index (χ1) is 15.5. The van der Waals surface area contributed by atoms with Gasteiger partial charge in [-0.2, -0.15) is 0 Å². The van der Waals surface area contributed by atoms with E-state index < -0.39 is 28.5 Å². The van der Waals surface area contributed by atoms with Gasteiger partial charge in [-0.25, -0.2) is 8.42 Å². The third-order valence-corrected chi connectivity index (χ3v) is 7.04. The topological polar surface area (TPSA) is 86.8 Å². The van der Waals surface area contributed by atoms with Crippen molar-refractivity contribution in [1.82, 2.24) is 10.2 Å². The van der Waals surface area contributed by atoms with Gasteiger partial charge in [-0.15, -0.1) is 0 Å². The maximum Gasteiger partial charge on any atom is 0.244 e. The molecule has 1 atom stereocenters. The number of hydrogen-bond acceptors (Lipinski definition) is 4. The molecule has 0 fully saturated rings. The Bertz CT molecular complexity index is 1110. The number of benzene rings is 2. The van der Waals surface area contributed by atoms with Gasteiger partial charge >= 0.3 is 0 Å². The second kappa shape index (κ2) is 11.9. The number of rotatable bonds is 10. The third kappa shape index (κ3) is 7.50. The predicted molar refractivity (Wildman–Crippen MR) is 133 cm³/mol. The van der Waals surface area contributed by atoms with Gasteiger partial charge in [0.15, 0.2) is 0 Å². The molecule has 0 saturated carbocycles. The van der Waals surface area contributed by atoms with Gasteiger partial charge in [0, 0.05) is 13.1 Å². The number of anilines is 1. The summed E-state index contributed by atoms with van der Waals surface area (Å²) < 4.78 is 26.0. The molecule has 0 aliphatic rings. The molecule has 11 heteroatoms. The van der Waals surface area contributed by atoms with Gasteiger partial charge in [-0.05, 0) is 43.2 Å². The molecule has 0 aliphatic carbocycles. The minimum absolute atomic E-state index is 0.0244. The molecule has 33 heavy (non-hydrogen) atoms. The minimum atomic E-state index is -3.85. The van der Waals surface area contributed by atoms with Crippen LogP contribution in [0.4, 0.5) is 5.69 Å². The third-order valence-electron chi connectivity index (χ3n) is 4.85. The highest BCUT2D eigenvalue weighted by molar-refractivity contribution is 7.92. The summed E-state index contributed by atoms with van der Waals surface area (Å²) >= 11 is 18.3. The molecule has 0 spiro atoms. The van der Waals surface area contributed by atoms with Crippen molar-refractivity contribution in [2.75, 3.05) is 23.7 Å². The van der Waals surface area contributed by atoms with Crippen molar-refractivity contribution in [3.63, 3.8) is 0 Å². The number of halogens is 3. The largest absolute Gasteiger partial charge is 0.354 e. The van der Waals surface area contributed by atoms with Crippen LogP contribution in [0.3, 0.4) is 0 Å². The van der Waals surface area contributed by atoms with Gasteiger partial charge < -0.3 is 10.2 Å². The lowest BCUT2D eigenvalue weighted by Gasteiger charge is -2.31. The zero-order valence-electron chi connectivity index (χ0n) is 18.5. The molecule has 180 valence electrons. The molecule has 0 unspecified atom stereocenters. The molecule has 0 radical (unpaired) electrons. The number of nitrogens with one attached hydrogen (secondary N) is 1. The van der Waals surface area contributed by atoms with E-state index in [4.69, 9.17) is 34.8 Å². The average Bonchev–Trinajstić information content (AvgIpc) is 2.75. The number of sulfonamides is 1. The van der Waals surface area contributed by atoms with Crippen LogP contribution in [0.25, 0.3) is 0 Å². The maximum atomic E-state index is 13.4. The molecular formula is C22H26Cl3N3O4S. The first-order valence-electron chi connectivity index (χ1n) is 10.2. The number of para-hydroxylation sites is 1. The Kier molecular flexibility index (Phi) is 9.84. The van der Waals surface area contributed by atoms with Crippen LogP contribution >= 0.6 is 34.8 Å². The summed E-state index contributed by atoms with van der Waals surface area (Å²) in [4.78, 5) is 27.4. The Morgan fingerprint density at radius 2 is 1.70 bits per heavy atom. The summed E-state index contributed by atoms with van der Waals surface area (Å²) in [5, 5.41) is 3.61. The Labute approximate surface area is 209 Å². The van der Waals surface area contributed by atoms with E-state index in [0.29, 0.717) is 22.2 Å². The van der Waals surface area contributed by atoms with Crippen LogP contribution in [0.15, 0.2) is 42.5 Å². The summed E-state index contributed by atoms with van der Waals surface area (Å²) in [5.41, 5.74) is 0.809. The van der Waals surface area contributed by atoms with Gasteiger partial charge in [0.1, 0.15) is 12.6 Å². The smallest absolute Gasteiger partial charge is 0.244 e. The van der Waals surface area contributed by atoms with Crippen molar-refractivity contribution < 1.29 is 18.0 Å². The normalized spacial score (nSPS) is 12.2. The van der Waals surface area contributed by atoms with Crippen LogP contribution in [0.2, 0.25) is 15.1 Å². The van der Waals surface area contributed by atoms with E-state index >= 15 is 0 Å². The van der Waals surface area contributed by atoms with E-state index in [2.05, 4.69) is 5.32 Å². The van der Waals surface area contributed by atoms with E-state index in [1.807, 2.05) is 6.92 Å². The fourth-order valence-corrected chi connectivity index (χ4v) is 4.53. The lowest BCUT2D eigenvalue weighted by Crippen LogP contribution is -2.51. The van der Waals surface area contributed by atoms with E-state index in [1.54, 1.807) is 37.3 Å². The van der Waals surface area contributed by atoms with Crippen LogP contribution in [0, 0.1) is 0 Å². The molecule has 2 aromatic rings. The van der Waals surface area contributed by atoms with Crippen molar-refractivity contribution in [2.24, 2.45) is 0 Å². The highest BCUT2D eigenvalue weighted by Gasteiger charge is 2.30. The molecule has 7 nitrogen and oxygen atoms in total. The molecule has 2 amide bonds. The van der Waals surface area contributed by atoms with E-state index in [0.717, 1.165) is 17.0 Å². The Morgan fingerprint density at radius 1 is 1.03 bits per heavy atom. The number of amides is 2. The van der Waals surface area contributed by atoms with Crippen LogP contribution in [-0.2, 0) is 26.2 Å². The lowest BCUT2D eigenvalue weighted by atomic mass is 10.1. The second-order valence-corrected chi connectivity index (χ2v) is 10.6. The van der Waals surface area contributed by atoms with Crippen LogP contribution in [0.5, 0.6) is 0 Å². The molecule has 0 saturated heterocycles. The Morgan fingerprint density at radius 3 is 2.27 bits per heavy atom. The summed E-state index contributed by atoms with van der Waals surface area (Å²) in [7, 11) is -3.85. The highest BCUT2D eigenvalue weighted by Crippen LogP contribution is 2.28. The highest BCUT2D eigenvalue weighted by atomic mass is 35.5. The van der Waals surface area contributed by atoms with Crippen LogP contribution in [0.1, 0.15) is 25.8 Å². The monoisotopic (exact) mass is 533 g/mol. The van der Waals surface area contributed by atoms with Gasteiger partial charge in [-0.1, -0.05) is 59.9 Å². The number of nitrogens with zero attached hydrogens (tertiary/aromatic N) is 2. The first kappa shape index (κ1) is 27.2. The summed E-state index contributed by atoms with van der Waals surface area (Å²) in [6.07, 6.45) is 1.72. The van der Waals surface area contributed by atoms with Crippen molar-refractivity contribution in [1.29, 1.82) is 0 Å². The lowest BCUT2D eigenvalue weighted by molar-refractivity contribution is -0.139. The fourth-order valence-electron chi connectivity index (χ4n) is 3.06. The van der Waals surface area contributed by atoms with Crippen molar-refractivity contribution in [3.05, 3.63) is 63.1 Å². The summed E-state index contributed by atoms with van der Waals surface area (Å²) in [6.45, 7) is 3.44. The van der Waals surface area contributed by atoms with E-state index in [1.165, 1.54) is 17.0 Å². The predicted octanol–water partition coefficient (Wildman–Crippen LogP) is 4.36. The zero-order valence-corrected chi connectivity index (χ0v) is 21.6. The van der Waals surface area contributed by atoms with Gasteiger partial charge in [0.2, 0.25) is 21.8 Å². The first-order valence-corrected chi connectivity index (χ1v) is 13.2. The number of carbonyl (C=O) groups excluding carboxylic acids is 2. The average molecular weight is 535 g/mol. The molecule has 0 heterocycles. The summed E-state index contributed by atoms with van der Waals surface area (Å²) in [6, 6.07) is 10.3. The quantitative estimate of drug-likeness (QED) is 0.491. The molecular weight excluding hydrogens is 509 g/mol. The SMILES string of the molecule is CCCNC(=O)[C@@H](C)N(Cc1ccc(Cl)c(Cl)c1)C(=O)CN(c1ccccc1Cl)S(C)(=O)=O. The van der Waals surface area contributed by atoms with Gasteiger partial charge in [-0.3, -0.25) is 13.9 Å². The van der Waals surface area contributed by atoms with Crippen LogP contribution < -0.4 is 9.62 Å². The van der Waals surface area contributed by atoms with Gasteiger partial charge in [0.05, 0.1) is 27.0 Å². The van der Waals surface area contributed by atoms with Crippen molar-refractivity contribution >= 4 is 62.3 Å². The fraction of sp³-hybridized carbons (Fsp3) is 0.364. The second-order valence-electron chi connectivity index (χ2n) is 7.46. The van der Waals surface area contributed by atoms with Crippen molar-refractivity contribution in [3.8, 4) is 0 Å². The van der Waals surface area contributed by atoms with Crippen LogP contribution in [-0.4, -0.2) is 50.5 Å². The van der Waals surface area contributed by atoms with E-state index in [9.17, 15) is 18.0 Å². The Hall–Kier alpha value is -2.00. The molecule has 0 aromatic heterocycles. The minimum Gasteiger partial charge on any atom is -0.354 e. The molecule has 1 N–H and O–H groups in total. The van der Waals surface area contributed by atoms with Gasteiger partial charge in [0.25, 0.3) is 0 Å². The Balaban J connectivity index is 2.40. The standard InChI is InChI=1S/C22H26Cl3N3O4S/c1-4-11-26-22(30)15(2)27(13-16-9-10-17(23)19(25)12-16)21(29)14-28(33(3,31)32)20-8-6-5-7-18(20)24/h5-10,12,15H,4,11,13-14H2,1-3H3,(H,26,30)/t15-/m1/s1. The van der Waals surface area contributed by atoms with E-state index in [-0.39, 0.29) is 23.2 Å². The number of carbonyl (C=O) groups is 2. The molecule has 0 aliphatic heterocycles. The molecule has 0 bridgehead atoms. The number of hydrogen-bond donors (Lipinski definition) is 1. The zero-order chi connectivity index (χ0) is 24.8.